The van der Waals surface area contributed by atoms with E-state index < -0.39 is 6.04 Å². The molecule has 1 aliphatic heterocycles. The molecule has 1 atom stereocenters. The van der Waals surface area contributed by atoms with Gasteiger partial charge in [0.25, 0.3) is 0 Å². The van der Waals surface area contributed by atoms with Crippen LogP contribution in [0.1, 0.15) is 31.0 Å². The second kappa shape index (κ2) is 9.61. The zero-order valence-corrected chi connectivity index (χ0v) is 18.8. The number of allylic oxidation sites excluding steroid dienone is 1. The van der Waals surface area contributed by atoms with Gasteiger partial charge in [-0.25, -0.2) is 9.59 Å². The Hall–Kier alpha value is -3.39. The first kappa shape index (κ1) is 22.3. The van der Waals surface area contributed by atoms with Gasteiger partial charge in [0, 0.05) is 24.1 Å². The van der Waals surface area contributed by atoms with Crippen molar-refractivity contribution in [2.45, 2.75) is 26.8 Å². The summed E-state index contributed by atoms with van der Waals surface area (Å²) in [6, 6.07) is 14.0. The summed E-state index contributed by atoms with van der Waals surface area (Å²) in [5, 5.41) is 9.32. The molecule has 1 heterocycles. The number of carbonyl (C=O) groups excluding carboxylic acids is 2. The molecule has 0 spiro atoms. The number of ether oxygens (including phenoxy) is 1. The molecular formula is C23H26N4O3S. The highest BCUT2D eigenvalue weighted by atomic mass is 32.1. The molecule has 3 rings (SSSR count). The van der Waals surface area contributed by atoms with Crippen molar-refractivity contribution in [3.8, 4) is 0 Å². The molecule has 31 heavy (non-hydrogen) atoms. The average molecular weight is 439 g/mol. The molecule has 0 fully saturated rings. The van der Waals surface area contributed by atoms with Crippen LogP contribution in [-0.2, 0) is 9.53 Å². The van der Waals surface area contributed by atoms with Crippen LogP contribution < -0.4 is 16.0 Å². The van der Waals surface area contributed by atoms with Crippen molar-refractivity contribution < 1.29 is 14.3 Å². The van der Waals surface area contributed by atoms with E-state index in [0.717, 1.165) is 16.8 Å². The Morgan fingerprint density at radius 2 is 1.58 bits per heavy atom. The number of nitrogens with one attached hydrogen (secondary N) is 3. The second-order valence-corrected chi connectivity index (χ2v) is 7.61. The van der Waals surface area contributed by atoms with Gasteiger partial charge in [-0.3, -0.25) is 0 Å². The smallest absolute Gasteiger partial charge is 0.338 e. The Labute approximate surface area is 187 Å². The molecule has 8 heteroatoms. The number of thiocarbonyl (C=S) groups is 1. The third kappa shape index (κ3) is 5.21. The van der Waals surface area contributed by atoms with Crippen LogP contribution in [0.15, 0.2) is 59.8 Å². The highest BCUT2D eigenvalue weighted by Gasteiger charge is 2.33. The number of benzene rings is 2. The highest BCUT2D eigenvalue weighted by Crippen LogP contribution is 2.31. The predicted molar refractivity (Wildman–Crippen MR) is 126 cm³/mol. The second-order valence-electron chi connectivity index (χ2n) is 7.23. The fourth-order valence-corrected chi connectivity index (χ4v) is 3.50. The van der Waals surface area contributed by atoms with E-state index in [-0.39, 0.29) is 18.6 Å². The normalized spacial score (nSPS) is 15.9. The lowest BCUT2D eigenvalue weighted by Crippen LogP contribution is -2.46. The fourth-order valence-electron chi connectivity index (χ4n) is 3.25. The van der Waals surface area contributed by atoms with Gasteiger partial charge in [0.1, 0.15) is 0 Å². The molecule has 0 aromatic heterocycles. The van der Waals surface area contributed by atoms with Gasteiger partial charge in [0.15, 0.2) is 5.11 Å². The Bertz CT molecular complexity index is 1020. The molecule has 1 unspecified atom stereocenters. The van der Waals surface area contributed by atoms with Crippen molar-refractivity contribution in [3.63, 3.8) is 0 Å². The van der Waals surface area contributed by atoms with Gasteiger partial charge in [0.05, 0.1) is 18.2 Å². The number of nitrogens with zero attached hydrogens (tertiary/aromatic N) is 1. The molecule has 2 amide bonds. The van der Waals surface area contributed by atoms with Gasteiger partial charge in [-0.15, -0.1) is 0 Å². The molecule has 0 bridgehead atoms. The predicted octanol–water partition coefficient (Wildman–Crippen LogP) is 4.34. The van der Waals surface area contributed by atoms with Gasteiger partial charge >= 0.3 is 12.0 Å². The zero-order chi connectivity index (χ0) is 22.5. The number of hydrogen-bond donors (Lipinski definition) is 3. The maximum atomic E-state index is 12.6. The molecule has 2 aromatic rings. The quantitative estimate of drug-likeness (QED) is 0.476. The monoisotopic (exact) mass is 438 g/mol. The number of amides is 2. The third-order valence-corrected chi connectivity index (χ3v) is 5.45. The van der Waals surface area contributed by atoms with Crippen LogP contribution >= 0.6 is 12.2 Å². The minimum Gasteiger partial charge on any atom is -0.463 e. The molecule has 7 nitrogen and oxygen atoms in total. The molecule has 0 radical (unpaired) electrons. The van der Waals surface area contributed by atoms with E-state index in [1.165, 1.54) is 0 Å². The van der Waals surface area contributed by atoms with E-state index in [2.05, 4.69) is 16.0 Å². The topological polar surface area (TPSA) is 82.7 Å². The lowest BCUT2D eigenvalue weighted by Gasteiger charge is -2.35. The lowest BCUT2D eigenvalue weighted by molar-refractivity contribution is -0.139. The van der Waals surface area contributed by atoms with E-state index in [4.69, 9.17) is 17.0 Å². The van der Waals surface area contributed by atoms with Crippen LogP contribution in [0.4, 0.5) is 16.2 Å². The van der Waals surface area contributed by atoms with Crippen molar-refractivity contribution >= 4 is 40.7 Å². The fraction of sp³-hybridized carbons (Fsp3) is 0.261. The lowest BCUT2D eigenvalue weighted by atomic mass is 9.95. The Morgan fingerprint density at radius 3 is 2.13 bits per heavy atom. The summed E-state index contributed by atoms with van der Waals surface area (Å²) in [5.41, 5.74) is 4.55. The number of esters is 1. The molecule has 2 aromatic carbocycles. The summed E-state index contributed by atoms with van der Waals surface area (Å²) in [6.45, 7) is 5.89. The summed E-state index contributed by atoms with van der Waals surface area (Å²) in [7, 11) is 1.81. The summed E-state index contributed by atoms with van der Waals surface area (Å²) in [4.78, 5) is 26.6. The van der Waals surface area contributed by atoms with E-state index in [1.807, 2.05) is 50.2 Å². The Morgan fingerprint density at radius 1 is 1.03 bits per heavy atom. The first-order chi connectivity index (χ1) is 14.8. The summed E-state index contributed by atoms with van der Waals surface area (Å²) < 4.78 is 5.26. The van der Waals surface area contributed by atoms with E-state index in [0.29, 0.717) is 22.1 Å². The number of hydrogen-bond acceptors (Lipinski definition) is 4. The maximum absolute atomic E-state index is 12.6. The Kier molecular flexibility index (Phi) is 6.91. The van der Waals surface area contributed by atoms with Gasteiger partial charge in [-0.1, -0.05) is 29.8 Å². The van der Waals surface area contributed by atoms with Crippen LogP contribution in [0.3, 0.4) is 0 Å². The van der Waals surface area contributed by atoms with Gasteiger partial charge in [-0.2, -0.15) is 0 Å². The van der Waals surface area contributed by atoms with Gasteiger partial charge < -0.3 is 25.6 Å². The number of aryl methyl sites for hydroxylation is 1. The van der Waals surface area contributed by atoms with E-state index in [9.17, 15) is 9.59 Å². The number of rotatable bonds is 5. The largest absolute Gasteiger partial charge is 0.463 e. The molecular weight excluding hydrogens is 412 g/mol. The van der Waals surface area contributed by atoms with Gasteiger partial charge in [0.2, 0.25) is 0 Å². The zero-order valence-electron chi connectivity index (χ0n) is 18.0. The van der Waals surface area contributed by atoms with Gasteiger partial charge in [-0.05, 0) is 62.8 Å². The standard InChI is InChI=1S/C23H26N4O3S/c1-5-30-21(28)19-15(3)27(4)23(31)26-20(19)16-8-12-18(13-9-16)25-22(29)24-17-10-6-14(2)7-11-17/h6-13,20H,5H2,1-4H3,(H,26,31)(H2,24,25,29). The summed E-state index contributed by atoms with van der Waals surface area (Å²) >= 11 is 5.40. The van der Waals surface area contributed by atoms with Crippen molar-refractivity contribution in [3.05, 3.63) is 70.9 Å². The first-order valence-electron chi connectivity index (χ1n) is 9.97. The Balaban J connectivity index is 1.76. The molecule has 0 saturated heterocycles. The van der Waals surface area contributed by atoms with Crippen LogP contribution in [0.5, 0.6) is 0 Å². The van der Waals surface area contributed by atoms with Crippen LogP contribution in [0.2, 0.25) is 0 Å². The van der Waals surface area contributed by atoms with E-state index >= 15 is 0 Å². The minimum atomic E-state index is -0.432. The third-order valence-electron chi connectivity index (χ3n) is 5.06. The molecule has 162 valence electrons. The van der Waals surface area contributed by atoms with E-state index in [1.54, 1.807) is 31.0 Å². The number of anilines is 2. The van der Waals surface area contributed by atoms with Crippen molar-refractivity contribution in [2.75, 3.05) is 24.3 Å². The first-order valence-corrected chi connectivity index (χ1v) is 10.4. The van der Waals surface area contributed by atoms with Crippen molar-refractivity contribution in [2.24, 2.45) is 0 Å². The highest BCUT2D eigenvalue weighted by molar-refractivity contribution is 7.80. The molecule has 3 N–H and O–H groups in total. The molecule has 0 saturated carbocycles. The average Bonchev–Trinajstić information content (AvgIpc) is 2.74. The SMILES string of the molecule is CCOC(=O)C1=C(C)N(C)C(=S)NC1c1ccc(NC(=O)Nc2ccc(C)cc2)cc1. The number of urea groups is 1. The van der Waals surface area contributed by atoms with Crippen LogP contribution in [-0.4, -0.2) is 35.7 Å². The van der Waals surface area contributed by atoms with Crippen LogP contribution in [0.25, 0.3) is 0 Å². The maximum Gasteiger partial charge on any atom is 0.338 e. The minimum absolute atomic E-state index is 0.287. The van der Waals surface area contributed by atoms with Crippen LogP contribution in [0, 0.1) is 6.92 Å². The number of carbonyl (C=O) groups is 2. The summed E-state index contributed by atoms with van der Waals surface area (Å²) in [5.74, 6) is -0.383. The van der Waals surface area contributed by atoms with Crippen molar-refractivity contribution in [1.29, 1.82) is 0 Å². The summed E-state index contributed by atoms with van der Waals surface area (Å²) in [6.07, 6.45) is 0. The molecule has 0 aliphatic carbocycles. The molecule has 1 aliphatic rings. The van der Waals surface area contributed by atoms with Crippen molar-refractivity contribution in [1.82, 2.24) is 10.2 Å².